The lowest BCUT2D eigenvalue weighted by molar-refractivity contribution is -0.0107. The van der Waals surface area contributed by atoms with Gasteiger partial charge in [-0.2, -0.15) is 0 Å². The highest BCUT2D eigenvalue weighted by Crippen LogP contribution is 2.40. The smallest absolute Gasteiger partial charge is 0.259 e. The molecule has 154 valence electrons. The van der Waals surface area contributed by atoms with Gasteiger partial charge >= 0.3 is 0 Å². The Morgan fingerprint density at radius 3 is 2.60 bits per heavy atom. The second-order valence-corrected chi connectivity index (χ2v) is 8.53. The predicted octanol–water partition coefficient (Wildman–Crippen LogP) is 5.30. The van der Waals surface area contributed by atoms with Gasteiger partial charge in [-0.3, -0.25) is 4.79 Å². The lowest BCUT2D eigenvalue weighted by Gasteiger charge is -2.44. The molecular weight excluding hydrogens is 400 g/mol. The van der Waals surface area contributed by atoms with Crippen LogP contribution in [-0.2, 0) is 6.42 Å². The number of piperidine rings is 1. The summed E-state index contributed by atoms with van der Waals surface area (Å²) in [6, 6.07) is 15.6. The van der Waals surface area contributed by atoms with Gasteiger partial charge in [0.05, 0.1) is 5.02 Å². The van der Waals surface area contributed by atoms with Crippen LogP contribution >= 0.6 is 11.6 Å². The number of hydrogen-bond donors (Lipinski definition) is 0. The van der Waals surface area contributed by atoms with Crippen molar-refractivity contribution in [1.29, 1.82) is 0 Å². The molecule has 3 aromatic rings. The van der Waals surface area contributed by atoms with Gasteiger partial charge in [0.25, 0.3) is 5.91 Å². The lowest BCUT2D eigenvalue weighted by atomic mass is 9.83. The molecule has 0 saturated carbocycles. The highest BCUT2D eigenvalue weighted by Gasteiger charge is 2.41. The first kappa shape index (κ1) is 19.2. The first-order chi connectivity index (χ1) is 14.6. The fraction of sp³-hybridized carbons (Fsp3) is 0.333. The summed E-state index contributed by atoms with van der Waals surface area (Å²) < 4.78 is 11.8. The third-order valence-electron chi connectivity index (χ3n) is 6.32. The molecule has 0 radical (unpaired) electrons. The van der Waals surface area contributed by atoms with Crippen molar-refractivity contribution in [2.24, 2.45) is 0 Å². The van der Waals surface area contributed by atoms with Crippen molar-refractivity contribution in [3.05, 3.63) is 70.4 Å². The maximum Gasteiger partial charge on any atom is 0.259 e. The second kappa shape index (κ2) is 7.47. The number of fused-ring (bicyclic) bond motifs is 1. The first-order valence-electron chi connectivity index (χ1n) is 10.3. The normalized spacial score (nSPS) is 17.5. The number of carbonyl (C=O) groups is 1. The number of aromatic nitrogens is 1. The molecule has 5 nitrogen and oxygen atoms in total. The largest absolute Gasteiger partial charge is 0.487 e. The molecule has 1 spiro atoms. The van der Waals surface area contributed by atoms with Crippen molar-refractivity contribution in [3.8, 4) is 17.0 Å². The molecular formula is C24H23ClN2O3. The van der Waals surface area contributed by atoms with Crippen LogP contribution in [0.3, 0.4) is 0 Å². The number of halogens is 1. The van der Waals surface area contributed by atoms with Crippen molar-refractivity contribution >= 4 is 17.5 Å². The number of hydrogen-bond acceptors (Lipinski definition) is 4. The van der Waals surface area contributed by atoms with Crippen LogP contribution in [-0.4, -0.2) is 34.7 Å². The summed E-state index contributed by atoms with van der Waals surface area (Å²) in [4.78, 5) is 15.3. The minimum Gasteiger partial charge on any atom is -0.487 e. The zero-order valence-corrected chi connectivity index (χ0v) is 17.6. The summed E-state index contributed by atoms with van der Waals surface area (Å²) in [6.07, 6.45) is 3.65. The molecule has 1 saturated heterocycles. The molecule has 1 aromatic heterocycles. The average molecular weight is 423 g/mol. The SMILES string of the molecule is Cc1onc(-c2ccccc2Cl)c1C(=O)N1CCC2(CCc3ccccc3O2)CC1. The standard InChI is InChI=1S/C24H23ClN2O3/c1-16-21(22(26-30-16)18-7-3-4-8-19(18)25)23(28)27-14-12-24(13-15-27)11-10-17-6-2-5-9-20(17)29-24/h2-9H,10-15H2,1H3. The van der Waals surface area contributed by atoms with E-state index in [-0.39, 0.29) is 11.5 Å². The van der Waals surface area contributed by atoms with Crippen molar-refractivity contribution in [3.63, 3.8) is 0 Å². The van der Waals surface area contributed by atoms with Crippen LogP contribution < -0.4 is 4.74 Å². The zero-order chi connectivity index (χ0) is 20.7. The first-order valence-corrected chi connectivity index (χ1v) is 10.7. The Hall–Kier alpha value is -2.79. The number of ether oxygens (including phenoxy) is 1. The predicted molar refractivity (Wildman–Crippen MR) is 115 cm³/mol. The molecule has 2 aliphatic heterocycles. The van der Waals surface area contributed by atoms with Crippen molar-refractivity contribution in [2.45, 2.75) is 38.2 Å². The molecule has 6 heteroatoms. The molecule has 30 heavy (non-hydrogen) atoms. The Morgan fingerprint density at radius 1 is 1.07 bits per heavy atom. The fourth-order valence-corrected chi connectivity index (χ4v) is 4.77. The van der Waals surface area contributed by atoms with E-state index >= 15 is 0 Å². The molecule has 5 rings (SSSR count). The van der Waals surface area contributed by atoms with E-state index < -0.39 is 0 Å². The third kappa shape index (κ3) is 3.27. The topological polar surface area (TPSA) is 55.6 Å². The van der Waals surface area contributed by atoms with Crippen molar-refractivity contribution < 1.29 is 14.1 Å². The summed E-state index contributed by atoms with van der Waals surface area (Å²) >= 11 is 6.35. The van der Waals surface area contributed by atoms with E-state index in [4.69, 9.17) is 20.9 Å². The van der Waals surface area contributed by atoms with Crippen LogP contribution in [0.25, 0.3) is 11.3 Å². The summed E-state index contributed by atoms with van der Waals surface area (Å²) in [7, 11) is 0. The minimum absolute atomic E-state index is 0.0604. The van der Waals surface area contributed by atoms with Crippen LogP contribution in [0.4, 0.5) is 0 Å². The van der Waals surface area contributed by atoms with E-state index in [1.807, 2.05) is 35.2 Å². The van der Waals surface area contributed by atoms with E-state index in [1.165, 1.54) is 5.56 Å². The average Bonchev–Trinajstić information content (AvgIpc) is 3.15. The fourth-order valence-electron chi connectivity index (χ4n) is 4.55. The highest BCUT2D eigenvalue weighted by molar-refractivity contribution is 6.33. The molecule has 0 aliphatic carbocycles. The summed E-state index contributed by atoms with van der Waals surface area (Å²) in [6.45, 7) is 3.06. The van der Waals surface area contributed by atoms with Gasteiger partial charge in [-0.1, -0.05) is 53.2 Å². The van der Waals surface area contributed by atoms with Crippen LogP contribution in [0.2, 0.25) is 5.02 Å². The number of carbonyl (C=O) groups excluding carboxylic acids is 1. The zero-order valence-electron chi connectivity index (χ0n) is 16.9. The molecule has 0 unspecified atom stereocenters. The van der Waals surface area contributed by atoms with E-state index in [0.717, 1.165) is 31.4 Å². The van der Waals surface area contributed by atoms with Crippen molar-refractivity contribution in [2.75, 3.05) is 13.1 Å². The number of para-hydroxylation sites is 1. The number of aryl methyl sites for hydroxylation is 2. The Morgan fingerprint density at radius 2 is 1.80 bits per heavy atom. The number of benzene rings is 2. The van der Waals surface area contributed by atoms with Crippen LogP contribution in [0.1, 0.15) is 40.9 Å². The van der Waals surface area contributed by atoms with E-state index in [0.29, 0.717) is 40.7 Å². The highest BCUT2D eigenvalue weighted by atomic mass is 35.5. The Balaban J connectivity index is 1.35. The Bertz CT molecular complexity index is 1100. The van der Waals surface area contributed by atoms with Gasteiger partial charge in [0.1, 0.15) is 28.4 Å². The van der Waals surface area contributed by atoms with Gasteiger partial charge in [-0.15, -0.1) is 0 Å². The van der Waals surface area contributed by atoms with Gasteiger partial charge in [0.15, 0.2) is 0 Å². The quantitative estimate of drug-likeness (QED) is 0.562. The maximum absolute atomic E-state index is 13.4. The number of nitrogens with zero attached hydrogens (tertiary/aromatic N) is 2. The van der Waals surface area contributed by atoms with Gasteiger partial charge in [-0.25, -0.2) is 0 Å². The van der Waals surface area contributed by atoms with Gasteiger partial charge in [-0.05, 0) is 37.5 Å². The van der Waals surface area contributed by atoms with Gasteiger partial charge < -0.3 is 14.2 Å². The molecule has 0 N–H and O–H groups in total. The van der Waals surface area contributed by atoms with Crippen molar-refractivity contribution in [1.82, 2.24) is 10.1 Å². The minimum atomic E-state index is -0.180. The molecule has 2 aromatic carbocycles. The van der Waals surface area contributed by atoms with Gasteiger partial charge in [0, 0.05) is 31.5 Å². The second-order valence-electron chi connectivity index (χ2n) is 8.13. The molecule has 0 atom stereocenters. The number of likely N-dealkylation sites (tertiary alicyclic amines) is 1. The summed E-state index contributed by atoms with van der Waals surface area (Å²) in [5, 5.41) is 4.69. The monoisotopic (exact) mass is 422 g/mol. The molecule has 1 fully saturated rings. The molecule has 0 bridgehead atoms. The van der Waals surface area contributed by atoms with E-state index in [9.17, 15) is 4.79 Å². The van der Waals surface area contributed by atoms with Crippen LogP contribution in [0.5, 0.6) is 5.75 Å². The van der Waals surface area contributed by atoms with Gasteiger partial charge in [0.2, 0.25) is 0 Å². The summed E-state index contributed by atoms with van der Waals surface area (Å²) in [5.41, 5.74) is 2.80. The Kier molecular flexibility index (Phi) is 4.78. The van der Waals surface area contributed by atoms with Crippen LogP contribution in [0, 0.1) is 6.92 Å². The van der Waals surface area contributed by atoms with E-state index in [2.05, 4.69) is 17.3 Å². The molecule has 1 amide bonds. The van der Waals surface area contributed by atoms with E-state index in [1.54, 1.807) is 13.0 Å². The third-order valence-corrected chi connectivity index (χ3v) is 6.65. The van der Waals surface area contributed by atoms with Crippen LogP contribution in [0.15, 0.2) is 53.1 Å². The number of rotatable bonds is 2. The number of amides is 1. The Labute approximate surface area is 180 Å². The lowest BCUT2D eigenvalue weighted by Crippen LogP contribution is -2.51. The summed E-state index contributed by atoms with van der Waals surface area (Å²) in [5.74, 6) is 1.44. The molecule has 3 heterocycles. The molecule has 2 aliphatic rings. The maximum atomic E-state index is 13.4.